The van der Waals surface area contributed by atoms with Crippen LogP contribution in [0.4, 0.5) is 104 Å². The van der Waals surface area contributed by atoms with E-state index in [-0.39, 0.29) is 111 Å². The van der Waals surface area contributed by atoms with Crippen LogP contribution in [-0.2, 0) is 92.3 Å². The molecular formula is C107H104BrClI2N15NaO19Zn. The number of carbonyl (C=O) groups is 6. The zero-order valence-corrected chi connectivity index (χ0v) is 93.5. The first-order chi connectivity index (χ1) is 69.5. The fourth-order valence-electron chi connectivity index (χ4n) is 12.8. The van der Waals surface area contributed by atoms with E-state index >= 15 is 0 Å². The van der Waals surface area contributed by atoms with Crippen LogP contribution in [0.3, 0.4) is 0 Å². The summed E-state index contributed by atoms with van der Waals surface area (Å²) in [4.78, 5) is 114. The number of halogens is 4. The first kappa shape index (κ1) is 123. The largest absolute Gasteiger partial charge is 1.00 e. The van der Waals surface area contributed by atoms with Crippen molar-refractivity contribution < 1.29 is 126 Å². The molecule has 15 rings (SSSR count). The maximum absolute atomic E-state index is 12.4. The van der Waals surface area contributed by atoms with E-state index in [4.69, 9.17) is 63.1 Å². The second kappa shape index (κ2) is 65.4. The van der Waals surface area contributed by atoms with Crippen molar-refractivity contribution in [3.05, 3.63) is 433 Å². The molecule has 0 fully saturated rings. The van der Waals surface area contributed by atoms with Crippen LogP contribution in [0.15, 0.2) is 340 Å². The number of hydrogen-bond acceptors (Lipinski definition) is 26. The number of nitriles is 1. The van der Waals surface area contributed by atoms with Gasteiger partial charge in [-0.15, -0.1) is 0 Å². The van der Waals surface area contributed by atoms with Gasteiger partial charge in [0.2, 0.25) is 5.95 Å². The summed E-state index contributed by atoms with van der Waals surface area (Å²) < 4.78 is 28.9. The molecule has 14 aromatic carbocycles. The molecule has 147 heavy (non-hydrogen) atoms. The van der Waals surface area contributed by atoms with Crippen LogP contribution in [0.25, 0.3) is 16.7 Å². The van der Waals surface area contributed by atoms with Crippen molar-refractivity contribution in [2.75, 3.05) is 75.6 Å². The molecule has 15 aromatic rings. The monoisotopic (exact) mass is 2360 g/mol. The Hall–Kier alpha value is -14.9. The van der Waals surface area contributed by atoms with Crippen molar-refractivity contribution in [3.8, 4) is 10.7 Å². The molecule has 0 radical (unpaired) electrons. The number of aryl methyl sites for hydroxylation is 5. The molecule has 40 heteroatoms. The van der Waals surface area contributed by atoms with Gasteiger partial charge in [0.15, 0.2) is 0 Å². The number of nitrogens with one attached hydrogen (secondary N) is 2. The van der Waals surface area contributed by atoms with Crippen molar-refractivity contribution in [3.63, 3.8) is 0 Å². The number of hydrogen-bond donors (Lipinski definition) is 5. The summed E-state index contributed by atoms with van der Waals surface area (Å²) in [6, 6.07) is 104. The van der Waals surface area contributed by atoms with Gasteiger partial charge in [0, 0.05) is 128 Å². The van der Waals surface area contributed by atoms with Gasteiger partial charge in [0.25, 0.3) is 23.5 Å². The van der Waals surface area contributed by atoms with E-state index in [2.05, 4.69) is 47.2 Å². The van der Waals surface area contributed by atoms with Crippen molar-refractivity contribution in [1.29, 1.82) is 5.26 Å². The fourth-order valence-corrected chi connectivity index (χ4v) is 13.9. The number of fused-ring (bicyclic) bond motifs is 1. The normalized spacial score (nSPS) is 9.75. The molecule has 0 atom stereocenters. The third-order valence-corrected chi connectivity index (χ3v) is 22.1. The minimum absolute atomic E-state index is 0. The number of imidazole rings is 1. The average Bonchev–Trinajstić information content (AvgIpc) is 1.63. The van der Waals surface area contributed by atoms with Gasteiger partial charge in [-0.3, -0.25) is 59.3 Å². The number of amides is 4. The van der Waals surface area contributed by atoms with Gasteiger partial charge in [-0.1, -0.05) is 213 Å². The Kier molecular flexibility index (Phi) is 54.6. The summed E-state index contributed by atoms with van der Waals surface area (Å²) in [6.45, 7) is 10.8. The maximum Gasteiger partial charge on any atom is 1.00 e. The number of nitro groups is 3. The third kappa shape index (κ3) is 42.7. The van der Waals surface area contributed by atoms with E-state index in [1.165, 1.54) is 51.4 Å². The number of nitro benzene ring substituents is 3. The number of nitrogen functional groups attached to an aromatic ring is 3. The van der Waals surface area contributed by atoms with Crippen LogP contribution in [0, 0.1) is 75.4 Å². The molecule has 8 N–H and O–H groups in total. The first-order valence-electron chi connectivity index (χ1n) is 43.8. The molecular weight excluding hydrogens is 2260 g/mol. The Balaban J connectivity index is 0.000000307. The number of carbonyl (C=O) groups excluding carboxylic acids is 6. The number of aromatic nitrogens is 2. The SMILES string of the molecule is CCc1ccc(I)c([N+](=O)[O-])c1.CN(C(=O)OCc1ccccc1)c1ccc(I)c([N+](=O)[O-])c1.Cc1cccc(-n2c(N)nc3cc(N(C)C(=O)OCc4ccccc4)ccc32)c1.Cc1cccc(N)c1.Cc1cccc(Nc2ccc(N(C)C(=O)OCc3ccccc3)cc2N)c1.Cc1cccc(Nc2ccc(N(C)C(=O)OCc3ccccc3)cc2[N+](=O)[O-])c1.N#CBr.O=C(Cl)OCc1ccccc1.O=CO[O-].[Na+].[Zn]. The Labute approximate surface area is 925 Å². The van der Waals surface area contributed by atoms with Gasteiger partial charge in [0.05, 0.1) is 55.7 Å². The smallest absolute Gasteiger partial charge is 0.662 e. The van der Waals surface area contributed by atoms with E-state index < -0.39 is 39.6 Å². The molecule has 34 nitrogen and oxygen atoms in total. The second-order valence-corrected chi connectivity index (χ2v) is 33.9. The zero-order chi connectivity index (χ0) is 106. The summed E-state index contributed by atoms with van der Waals surface area (Å²) in [6.07, 6.45) is -1.20. The van der Waals surface area contributed by atoms with Crippen LogP contribution >= 0.6 is 72.7 Å². The van der Waals surface area contributed by atoms with Crippen molar-refractivity contribution in [1.82, 2.24) is 9.55 Å². The van der Waals surface area contributed by atoms with Gasteiger partial charge in [-0.2, -0.15) is 5.26 Å². The number of rotatable bonds is 24. The van der Waals surface area contributed by atoms with E-state index in [9.17, 15) is 54.3 Å². The van der Waals surface area contributed by atoms with Crippen molar-refractivity contribution in [2.24, 2.45) is 0 Å². The number of nitrogens with zero attached hydrogens (tertiary/aromatic N) is 10. The molecule has 0 aliphatic heterocycles. The second-order valence-electron chi connectivity index (χ2n) is 30.9. The van der Waals surface area contributed by atoms with Gasteiger partial charge >= 0.3 is 59.4 Å². The standard InChI is InChI=1S/C23H22N4O2.C22H21N3O4.C22H23N3O2.C15H13IN2O4.C8H7ClO2.C8H8INO2.C7H9N.CBrN.CH2O3.Na.Zn/c1-16-7-6-10-19(13-16)27-21-12-11-18(14-20(21)25-22(27)24)26(2)23(28)29-15-17-8-4-3-5-9-17;1-16-7-6-10-18(13-16)23-20-12-11-19(14-21(20)25(27)28)24(2)22(26)29-15-17-8-4-3-5-9-17;1-16-7-6-10-18(13-16)24-21-12-11-19(14-20(21)23)25(2)22(26)27-15-17-8-4-3-5-9-17;1-17(12-7-8-13(16)14(9-12)18(20)21)15(19)22-10-11-5-3-2-4-6-11;9-8(10)11-6-7-4-2-1-3-5-7;1-2-6-3-4-7(9)8(5-6)10(11)12;1-6-3-2-4-7(8)5-6;2-1-3;2-1-4-3;;/h3-14H,15H2,1-2H3,(H2,24,25);3-14,23H,15H2,1-2H3;3-14,24H,15,23H2,1-2H3;2-9H,10H2,1H3;1-5H,6H2;3-5H,2H2,1H3;2-5H,8H2,1H3;;1,3H;;/q;;;;;;;;;+1;/p-1. The zero-order valence-electron chi connectivity index (χ0n) is 81.8. The Bertz CT molecular complexity index is 6830. The van der Waals surface area contributed by atoms with Gasteiger partial charge in [0.1, 0.15) is 43.7 Å². The van der Waals surface area contributed by atoms with Gasteiger partial charge < -0.3 is 61.7 Å². The number of anilines is 11. The third-order valence-electron chi connectivity index (χ3n) is 20.2. The summed E-state index contributed by atoms with van der Waals surface area (Å²) >= 11 is 11.3. The molecule has 0 aliphatic rings. The molecule has 1 heterocycles. The summed E-state index contributed by atoms with van der Waals surface area (Å²) in [5.41, 5.74) is 36.1. The van der Waals surface area contributed by atoms with Gasteiger partial charge in [-0.25, -0.2) is 29.0 Å². The summed E-state index contributed by atoms with van der Waals surface area (Å²) in [5, 5.41) is 55.0. The average molecular weight is 2360 g/mol. The van der Waals surface area contributed by atoms with Crippen molar-refractivity contribution >= 4 is 200 Å². The Morgan fingerprint density at radius 1 is 0.435 bits per heavy atom. The molecule has 752 valence electrons. The van der Waals surface area contributed by atoms with Crippen LogP contribution in [0.2, 0.25) is 0 Å². The predicted molar refractivity (Wildman–Crippen MR) is 584 cm³/mol. The molecule has 0 saturated heterocycles. The maximum atomic E-state index is 12.4. The van der Waals surface area contributed by atoms with Crippen LogP contribution < -0.4 is 82.2 Å². The summed E-state index contributed by atoms with van der Waals surface area (Å²) in [5.74, 6) is 0.400. The number of ether oxygens (including phenoxy) is 5. The topological polar surface area (TPSA) is 467 Å². The molecule has 4 amide bonds. The molecule has 0 unspecified atom stereocenters. The van der Waals surface area contributed by atoms with E-state index in [0.717, 1.165) is 90.4 Å². The molecule has 0 saturated carbocycles. The van der Waals surface area contributed by atoms with Crippen LogP contribution in [-0.4, -0.2) is 88.8 Å². The number of nitrogens with two attached hydrogens (primary N) is 3. The van der Waals surface area contributed by atoms with Crippen LogP contribution in [0.5, 0.6) is 0 Å². The summed E-state index contributed by atoms with van der Waals surface area (Å²) in [7, 11) is 6.37. The van der Waals surface area contributed by atoms with E-state index in [0.29, 0.717) is 52.7 Å². The minimum Gasteiger partial charge on any atom is -0.662 e. The molecule has 1 aromatic heterocycles. The van der Waals surface area contributed by atoms with E-state index in [1.54, 1.807) is 61.5 Å². The Morgan fingerprint density at radius 3 is 1.12 bits per heavy atom. The van der Waals surface area contributed by atoms with Crippen molar-refractivity contribution in [2.45, 2.75) is 74.1 Å². The first-order valence-corrected chi connectivity index (χ1v) is 47.1. The molecule has 0 bridgehead atoms. The molecule has 0 aliphatic carbocycles. The van der Waals surface area contributed by atoms with E-state index in [1.807, 2.05) is 363 Å². The quantitative estimate of drug-likeness (QED) is 0.00432. The minimum atomic E-state index is -0.770. The number of benzene rings is 14. The predicted octanol–water partition coefficient (Wildman–Crippen LogP) is 22.4. The van der Waals surface area contributed by atoms with Gasteiger partial charge in [-0.05, 0) is 250 Å². The fraction of sp³-hybridized carbons (Fsp3) is 0.140. The Morgan fingerprint density at radius 2 is 0.762 bits per heavy atom. The van der Waals surface area contributed by atoms with Crippen LogP contribution in [0.1, 0.15) is 62.6 Å². The molecule has 0 spiro atoms.